The Morgan fingerprint density at radius 1 is 1.26 bits per heavy atom. The molecule has 5 nitrogen and oxygen atoms in total. The van der Waals surface area contributed by atoms with Gasteiger partial charge in [-0.15, -0.1) is 11.8 Å². The van der Waals surface area contributed by atoms with Crippen LogP contribution in [0, 0.1) is 0 Å². The van der Waals surface area contributed by atoms with Crippen molar-refractivity contribution in [2.75, 3.05) is 38.8 Å². The Balaban J connectivity index is 2.49. The predicted octanol–water partition coefficient (Wildman–Crippen LogP) is 4.86. The molecule has 2 rings (SSSR count). The lowest BCUT2D eigenvalue weighted by Crippen LogP contribution is -2.17. The van der Waals surface area contributed by atoms with E-state index < -0.39 is 0 Å². The van der Waals surface area contributed by atoms with Crippen LogP contribution < -0.4 is 11.1 Å². The average Bonchev–Trinajstić information content (AvgIpc) is 2.65. The molecule has 0 amide bonds. The quantitative estimate of drug-likeness (QED) is 0.357. The topological polar surface area (TPSA) is 67.1 Å². The van der Waals surface area contributed by atoms with Gasteiger partial charge in [-0.05, 0) is 52.4 Å². The summed E-state index contributed by atoms with van der Waals surface area (Å²) in [5.41, 5.74) is 9.28. The minimum Gasteiger partial charge on any atom is -0.398 e. The lowest BCUT2D eigenvalue weighted by atomic mass is 10.0. The summed E-state index contributed by atoms with van der Waals surface area (Å²) in [6, 6.07) is 5.46. The van der Waals surface area contributed by atoms with Crippen LogP contribution in [-0.2, 0) is 0 Å². The van der Waals surface area contributed by atoms with Crippen LogP contribution in [0.25, 0.3) is 17.0 Å². The molecule has 1 aromatic heterocycles. The van der Waals surface area contributed by atoms with Crippen molar-refractivity contribution in [2.24, 2.45) is 5.73 Å². The lowest BCUT2D eigenvalue weighted by molar-refractivity contribution is 0.405. The third kappa shape index (κ3) is 5.75. The first-order valence-corrected chi connectivity index (χ1v) is 10.6. The van der Waals surface area contributed by atoms with E-state index in [4.69, 9.17) is 33.9 Å². The second-order valence-electron chi connectivity index (χ2n) is 6.24. The molecule has 0 aliphatic heterocycles. The number of aromatic nitrogens is 2. The Kier molecular flexibility index (Phi) is 8.23. The van der Waals surface area contributed by atoms with Crippen molar-refractivity contribution in [1.29, 1.82) is 0 Å². The number of rotatable bonds is 8. The Morgan fingerprint density at radius 3 is 2.59 bits per heavy atom. The fraction of sp³-hybridized carbons (Fsp3) is 0.368. The van der Waals surface area contributed by atoms with Crippen LogP contribution in [0.5, 0.6) is 0 Å². The number of nitrogens with one attached hydrogen (secondary N) is 1. The SMILES string of the molecule is C/C=C(\N)c1c(SC)nc(NCCCN(C)C)nc1-c1ccc(Cl)c(Cl)c1. The van der Waals surface area contributed by atoms with E-state index in [0.717, 1.165) is 41.4 Å². The minimum absolute atomic E-state index is 0.476. The number of thioether (sulfide) groups is 1. The van der Waals surface area contributed by atoms with Gasteiger partial charge in [0.05, 0.1) is 21.3 Å². The van der Waals surface area contributed by atoms with Crippen LogP contribution in [-0.4, -0.2) is 48.3 Å². The number of nitrogens with two attached hydrogens (primary N) is 1. The zero-order valence-corrected chi connectivity index (χ0v) is 18.3. The Morgan fingerprint density at radius 2 is 2.00 bits per heavy atom. The monoisotopic (exact) mass is 425 g/mol. The van der Waals surface area contributed by atoms with E-state index in [0.29, 0.717) is 21.7 Å². The number of hydrogen-bond donors (Lipinski definition) is 2. The first-order valence-electron chi connectivity index (χ1n) is 8.59. The number of nitrogens with zero attached hydrogens (tertiary/aromatic N) is 3. The Labute approximate surface area is 175 Å². The van der Waals surface area contributed by atoms with Crippen LogP contribution in [0.15, 0.2) is 29.3 Å². The van der Waals surface area contributed by atoms with Crippen LogP contribution in [0.3, 0.4) is 0 Å². The molecule has 2 aromatic rings. The van der Waals surface area contributed by atoms with Gasteiger partial charge in [0.25, 0.3) is 0 Å². The molecule has 1 aromatic carbocycles. The van der Waals surface area contributed by atoms with E-state index in [1.807, 2.05) is 25.3 Å². The van der Waals surface area contributed by atoms with Crippen molar-refractivity contribution in [2.45, 2.75) is 18.4 Å². The zero-order valence-electron chi connectivity index (χ0n) is 16.0. The van der Waals surface area contributed by atoms with Gasteiger partial charge in [0.1, 0.15) is 5.03 Å². The van der Waals surface area contributed by atoms with Crippen molar-refractivity contribution in [3.63, 3.8) is 0 Å². The highest BCUT2D eigenvalue weighted by atomic mass is 35.5. The van der Waals surface area contributed by atoms with Gasteiger partial charge in [0.15, 0.2) is 0 Å². The molecule has 0 aliphatic rings. The van der Waals surface area contributed by atoms with E-state index in [9.17, 15) is 0 Å². The molecule has 27 heavy (non-hydrogen) atoms. The highest BCUT2D eigenvalue weighted by Gasteiger charge is 2.18. The molecule has 0 saturated carbocycles. The standard InChI is InChI=1S/C19H25Cl2N5S/c1-5-15(22)16-17(12-7-8-13(20)14(21)11-12)24-19(25-18(16)27-4)23-9-6-10-26(2)3/h5,7-8,11H,6,9-10,22H2,1-4H3,(H,23,24,25)/b15-5-. The molecule has 0 aliphatic carbocycles. The highest BCUT2D eigenvalue weighted by Crippen LogP contribution is 2.35. The summed E-state index contributed by atoms with van der Waals surface area (Å²) in [5.74, 6) is 0.576. The molecule has 0 bridgehead atoms. The summed E-state index contributed by atoms with van der Waals surface area (Å²) >= 11 is 13.8. The number of hydrogen-bond acceptors (Lipinski definition) is 6. The normalized spacial score (nSPS) is 11.9. The molecule has 0 fully saturated rings. The molecular formula is C19H25Cl2N5S. The number of allylic oxidation sites excluding steroid dienone is 1. The molecule has 0 unspecified atom stereocenters. The molecular weight excluding hydrogens is 401 g/mol. The van der Waals surface area contributed by atoms with Gasteiger partial charge in [0.2, 0.25) is 5.95 Å². The van der Waals surface area contributed by atoms with Crippen molar-refractivity contribution in [3.05, 3.63) is 39.9 Å². The molecule has 1 heterocycles. The Hall–Kier alpha value is -1.47. The highest BCUT2D eigenvalue weighted by molar-refractivity contribution is 7.98. The maximum absolute atomic E-state index is 6.26. The van der Waals surface area contributed by atoms with Gasteiger partial charge in [-0.3, -0.25) is 0 Å². The molecule has 8 heteroatoms. The third-order valence-electron chi connectivity index (χ3n) is 3.93. The maximum atomic E-state index is 6.26. The van der Waals surface area contributed by atoms with E-state index in [-0.39, 0.29) is 0 Å². The molecule has 146 valence electrons. The van der Waals surface area contributed by atoms with Gasteiger partial charge in [0, 0.05) is 17.8 Å². The fourth-order valence-corrected chi connectivity index (χ4v) is 3.41. The largest absolute Gasteiger partial charge is 0.398 e. The van der Waals surface area contributed by atoms with Crippen LogP contribution in [0.2, 0.25) is 10.0 Å². The summed E-state index contributed by atoms with van der Waals surface area (Å²) in [5, 5.41) is 5.11. The van der Waals surface area contributed by atoms with E-state index >= 15 is 0 Å². The predicted molar refractivity (Wildman–Crippen MR) is 119 cm³/mol. The molecule has 0 saturated heterocycles. The molecule has 0 spiro atoms. The van der Waals surface area contributed by atoms with Gasteiger partial charge >= 0.3 is 0 Å². The average molecular weight is 426 g/mol. The summed E-state index contributed by atoms with van der Waals surface area (Å²) in [6.45, 7) is 3.67. The summed E-state index contributed by atoms with van der Waals surface area (Å²) in [4.78, 5) is 11.5. The van der Waals surface area contributed by atoms with Crippen molar-refractivity contribution < 1.29 is 0 Å². The zero-order chi connectivity index (χ0) is 20.0. The Bertz CT molecular complexity index is 824. The van der Waals surface area contributed by atoms with Crippen LogP contribution in [0.1, 0.15) is 18.9 Å². The van der Waals surface area contributed by atoms with Crippen LogP contribution in [0.4, 0.5) is 5.95 Å². The van der Waals surface area contributed by atoms with Gasteiger partial charge in [-0.25, -0.2) is 9.97 Å². The van der Waals surface area contributed by atoms with Crippen molar-refractivity contribution in [3.8, 4) is 11.3 Å². The van der Waals surface area contributed by atoms with E-state index in [2.05, 4.69) is 29.3 Å². The van der Waals surface area contributed by atoms with Crippen molar-refractivity contribution >= 4 is 46.6 Å². The van der Waals surface area contributed by atoms with Gasteiger partial charge in [-0.1, -0.05) is 35.3 Å². The van der Waals surface area contributed by atoms with Crippen LogP contribution >= 0.6 is 35.0 Å². The van der Waals surface area contributed by atoms with Gasteiger partial charge < -0.3 is 16.0 Å². The third-order valence-corrected chi connectivity index (χ3v) is 5.35. The smallest absolute Gasteiger partial charge is 0.224 e. The lowest BCUT2D eigenvalue weighted by Gasteiger charge is -2.16. The number of anilines is 1. The molecule has 0 atom stereocenters. The summed E-state index contributed by atoms with van der Waals surface area (Å²) in [6.07, 6.45) is 4.82. The molecule has 3 N–H and O–H groups in total. The first-order chi connectivity index (χ1) is 12.9. The van der Waals surface area contributed by atoms with Gasteiger partial charge in [-0.2, -0.15) is 0 Å². The summed E-state index contributed by atoms with van der Waals surface area (Å²) in [7, 11) is 4.11. The fourth-order valence-electron chi connectivity index (χ4n) is 2.52. The first kappa shape index (κ1) is 21.8. The van der Waals surface area contributed by atoms with E-state index in [1.54, 1.807) is 12.1 Å². The number of benzene rings is 1. The summed E-state index contributed by atoms with van der Waals surface area (Å²) < 4.78 is 0. The van der Waals surface area contributed by atoms with Crippen molar-refractivity contribution in [1.82, 2.24) is 14.9 Å². The second kappa shape index (κ2) is 10.2. The second-order valence-corrected chi connectivity index (χ2v) is 7.85. The number of halogens is 2. The minimum atomic E-state index is 0.476. The molecule has 0 radical (unpaired) electrons. The maximum Gasteiger partial charge on any atom is 0.224 e. The van der Waals surface area contributed by atoms with E-state index in [1.165, 1.54) is 11.8 Å².